The second-order valence-corrected chi connectivity index (χ2v) is 13.0. The lowest BCUT2D eigenvalue weighted by Crippen LogP contribution is -2.27. The van der Waals surface area contributed by atoms with Crippen LogP contribution in [-0.4, -0.2) is 16.0 Å². The highest BCUT2D eigenvalue weighted by molar-refractivity contribution is 8.18. The number of benzene rings is 6. The number of ether oxygens (including phenoxy) is 4. The van der Waals surface area contributed by atoms with Gasteiger partial charge < -0.3 is 18.9 Å². The lowest BCUT2D eigenvalue weighted by molar-refractivity contribution is -0.123. The molecule has 1 aliphatic heterocycles. The van der Waals surface area contributed by atoms with E-state index in [9.17, 15) is 9.59 Å². The summed E-state index contributed by atoms with van der Waals surface area (Å²) in [5.41, 5.74) is 4.37. The summed E-state index contributed by atoms with van der Waals surface area (Å²) in [6.45, 7) is 0.873. The van der Waals surface area contributed by atoms with Crippen LogP contribution in [0.4, 0.5) is 4.79 Å². The highest BCUT2D eigenvalue weighted by atomic mass is 32.2. The molecule has 1 heterocycles. The highest BCUT2D eigenvalue weighted by Crippen LogP contribution is 2.42. The van der Waals surface area contributed by atoms with Crippen LogP contribution in [0.2, 0.25) is 0 Å². The third-order valence-electron chi connectivity index (χ3n) is 8.15. The van der Waals surface area contributed by atoms with Gasteiger partial charge in [-0.3, -0.25) is 14.5 Å². The van der Waals surface area contributed by atoms with E-state index in [1.165, 1.54) is 4.90 Å². The van der Waals surface area contributed by atoms with Crippen LogP contribution in [0, 0.1) is 0 Å². The molecule has 8 heteroatoms. The molecule has 0 saturated carbocycles. The average molecular weight is 706 g/mol. The van der Waals surface area contributed by atoms with Crippen molar-refractivity contribution >= 4 is 29.0 Å². The maximum absolute atomic E-state index is 13.7. The van der Waals surface area contributed by atoms with E-state index in [1.807, 2.05) is 158 Å². The van der Waals surface area contributed by atoms with Crippen LogP contribution in [0.15, 0.2) is 163 Å². The number of hydrogen-bond donors (Lipinski definition) is 0. The van der Waals surface area contributed by atoms with Gasteiger partial charge in [0.2, 0.25) is 5.75 Å². The molecule has 0 bridgehead atoms. The van der Waals surface area contributed by atoms with Gasteiger partial charge in [-0.2, -0.15) is 0 Å². The van der Waals surface area contributed by atoms with Crippen LogP contribution in [-0.2, 0) is 31.2 Å². The molecule has 0 aliphatic carbocycles. The van der Waals surface area contributed by atoms with Crippen LogP contribution in [0.25, 0.3) is 6.08 Å². The molecule has 258 valence electrons. The Morgan fingerprint density at radius 3 is 1.50 bits per heavy atom. The van der Waals surface area contributed by atoms with Gasteiger partial charge >= 0.3 is 0 Å². The second kappa shape index (κ2) is 16.6. The minimum atomic E-state index is -0.373. The van der Waals surface area contributed by atoms with Gasteiger partial charge in [-0.05, 0) is 82.1 Å². The van der Waals surface area contributed by atoms with Crippen molar-refractivity contribution in [1.29, 1.82) is 0 Å². The number of carbonyl (C=O) groups excluding carboxylic acids is 2. The summed E-state index contributed by atoms with van der Waals surface area (Å²) in [6, 6.07) is 50.0. The topological polar surface area (TPSA) is 74.3 Å². The van der Waals surface area contributed by atoms with Crippen molar-refractivity contribution in [2.24, 2.45) is 0 Å². The SMILES string of the molecule is O=C1S/C(=C/c2ccc(Oc3ccccc3)cc2)C(=O)N1Cc1cc(OCc2ccccc2)c(OCc2ccccc2)c(OCc2ccccc2)c1. The van der Waals surface area contributed by atoms with E-state index in [0.717, 1.165) is 39.8 Å². The smallest absolute Gasteiger partial charge is 0.293 e. The predicted octanol–water partition coefficient (Wildman–Crippen LogP) is 10.5. The number of para-hydroxylation sites is 1. The number of carbonyl (C=O) groups is 2. The lowest BCUT2D eigenvalue weighted by Gasteiger charge is -2.20. The molecule has 0 aromatic heterocycles. The van der Waals surface area contributed by atoms with Crippen molar-refractivity contribution in [1.82, 2.24) is 4.90 Å². The van der Waals surface area contributed by atoms with Gasteiger partial charge in [0.15, 0.2) is 11.5 Å². The fourth-order valence-corrected chi connectivity index (χ4v) is 6.34. The summed E-state index contributed by atoms with van der Waals surface area (Å²) < 4.78 is 25.1. The summed E-state index contributed by atoms with van der Waals surface area (Å²) in [4.78, 5) is 28.5. The zero-order chi connectivity index (χ0) is 35.5. The van der Waals surface area contributed by atoms with E-state index in [4.69, 9.17) is 18.9 Å². The van der Waals surface area contributed by atoms with Crippen molar-refractivity contribution in [2.75, 3.05) is 0 Å². The third kappa shape index (κ3) is 8.91. The normalized spacial score (nSPS) is 13.3. The van der Waals surface area contributed by atoms with E-state index >= 15 is 0 Å². The molecule has 2 amide bonds. The van der Waals surface area contributed by atoms with Gasteiger partial charge in [-0.15, -0.1) is 0 Å². The van der Waals surface area contributed by atoms with Gasteiger partial charge in [0.25, 0.3) is 11.1 Å². The Labute approximate surface area is 307 Å². The summed E-state index contributed by atoms with van der Waals surface area (Å²) in [6.07, 6.45) is 1.72. The molecular weight excluding hydrogens is 671 g/mol. The number of hydrogen-bond acceptors (Lipinski definition) is 7. The molecule has 0 spiro atoms. The van der Waals surface area contributed by atoms with Crippen LogP contribution in [0.5, 0.6) is 28.7 Å². The molecular formula is C44H35NO6S. The van der Waals surface area contributed by atoms with E-state index in [-0.39, 0.29) is 37.5 Å². The van der Waals surface area contributed by atoms with Gasteiger partial charge in [0.05, 0.1) is 11.4 Å². The highest BCUT2D eigenvalue weighted by Gasteiger charge is 2.35. The van der Waals surface area contributed by atoms with Gasteiger partial charge in [0.1, 0.15) is 31.3 Å². The molecule has 6 aromatic carbocycles. The summed E-state index contributed by atoms with van der Waals surface area (Å²) in [5, 5.41) is -0.358. The zero-order valence-corrected chi connectivity index (χ0v) is 29.0. The van der Waals surface area contributed by atoms with Crippen molar-refractivity contribution in [3.63, 3.8) is 0 Å². The molecule has 52 heavy (non-hydrogen) atoms. The quantitative estimate of drug-likeness (QED) is 0.104. The van der Waals surface area contributed by atoms with Crippen LogP contribution in [0.3, 0.4) is 0 Å². The Kier molecular flexibility index (Phi) is 10.9. The molecule has 1 saturated heterocycles. The molecule has 0 N–H and O–H groups in total. The monoisotopic (exact) mass is 705 g/mol. The Hall–Kier alpha value is -6.25. The fraction of sp³-hybridized carbons (Fsp3) is 0.0909. The molecule has 0 radical (unpaired) electrons. The van der Waals surface area contributed by atoms with Gasteiger partial charge in [-0.25, -0.2) is 0 Å². The Bertz CT molecular complexity index is 2080. The van der Waals surface area contributed by atoms with Gasteiger partial charge in [0, 0.05) is 0 Å². The molecule has 1 fully saturated rings. The second-order valence-electron chi connectivity index (χ2n) is 12.0. The first-order valence-electron chi connectivity index (χ1n) is 16.8. The molecule has 6 aromatic rings. The van der Waals surface area contributed by atoms with Crippen LogP contribution >= 0.6 is 11.8 Å². The van der Waals surface area contributed by atoms with Crippen molar-refractivity contribution < 1.29 is 28.5 Å². The van der Waals surface area contributed by atoms with Crippen LogP contribution in [0.1, 0.15) is 27.8 Å². The number of rotatable bonds is 14. The van der Waals surface area contributed by atoms with E-state index in [2.05, 4.69) is 0 Å². The fourth-order valence-electron chi connectivity index (χ4n) is 5.51. The first-order chi connectivity index (χ1) is 25.6. The maximum Gasteiger partial charge on any atom is 0.293 e. The lowest BCUT2D eigenvalue weighted by atomic mass is 10.1. The van der Waals surface area contributed by atoms with Gasteiger partial charge in [-0.1, -0.05) is 121 Å². The number of nitrogens with zero attached hydrogens (tertiary/aromatic N) is 1. The Balaban J connectivity index is 1.15. The van der Waals surface area contributed by atoms with E-state index in [0.29, 0.717) is 33.5 Å². The summed E-state index contributed by atoms with van der Waals surface area (Å²) in [7, 11) is 0. The third-order valence-corrected chi connectivity index (χ3v) is 9.06. The largest absolute Gasteiger partial charge is 0.485 e. The number of thioether (sulfide) groups is 1. The van der Waals surface area contributed by atoms with Crippen molar-refractivity contribution in [3.05, 3.63) is 190 Å². The summed E-state index contributed by atoms with van der Waals surface area (Å²) in [5.74, 6) is 2.36. The van der Waals surface area contributed by atoms with Crippen molar-refractivity contribution in [3.8, 4) is 28.7 Å². The molecule has 0 atom stereocenters. The number of imide groups is 1. The van der Waals surface area contributed by atoms with E-state index < -0.39 is 0 Å². The molecule has 7 rings (SSSR count). The minimum Gasteiger partial charge on any atom is -0.485 e. The average Bonchev–Trinajstić information content (AvgIpc) is 3.45. The van der Waals surface area contributed by atoms with Crippen molar-refractivity contribution in [2.45, 2.75) is 26.4 Å². The molecule has 1 aliphatic rings. The zero-order valence-electron chi connectivity index (χ0n) is 28.2. The minimum absolute atomic E-state index is 0.0220. The molecule has 0 unspecified atom stereocenters. The van der Waals surface area contributed by atoms with E-state index in [1.54, 1.807) is 6.08 Å². The predicted molar refractivity (Wildman–Crippen MR) is 203 cm³/mol. The first-order valence-corrected chi connectivity index (χ1v) is 17.6. The standard InChI is InChI=1S/C44H35NO6S/c46-43-41(27-32-21-23-38(24-22-32)51-37-19-11-4-12-20-37)52-44(47)45(43)28-36-25-39(48-29-33-13-5-1-6-14-33)42(50-31-35-17-9-3-10-18-35)40(26-36)49-30-34-15-7-2-8-16-34/h1-27H,28-31H2/b41-27+. The van der Waals surface area contributed by atoms with Crippen LogP contribution < -0.4 is 18.9 Å². The maximum atomic E-state index is 13.7. The number of amides is 2. The summed E-state index contributed by atoms with van der Waals surface area (Å²) >= 11 is 0.915. The molecule has 7 nitrogen and oxygen atoms in total. The first kappa shape index (κ1) is 34.2. The Morgan fingerprint density at radius 2 is 0.981 bits per heavy atom. The Morgan fingerprint density at radius 1 is 0.519 bits per heavy atom.